The van der Waals surface area contributed by atoms with E-state index < -0.39 is 28.6 Å². The summed E-state index contributed by atoms with van der Waals surface area (Å²) in [5.41, 5.74) is 0. The molecule has 12 heavy (non-hydrogen) atoms. The molecule has 0 atom stereocenters. The zero-order chi connectivity index (χ0) is 9.12. The van der Waals surface area contributed by atoms with Gasteiger partial charge < -0.3 is 5.11 Å². The van der Waals surface area contributed by atoms with Crippen LogP contribution >= 0.6 is 0 Å². The summed E-state index contributed by atoms with van der Waals surface area (Å²) in [6.07, 6.45) is -3.71. The van der Waals surface area contributed by atoms with E-state index in [2.05, 4.69) is 4.18 Å². The third kappa shape index (κ3) is 8.82. The number of halogens is 2. The smallest absolute Gasteiger partial charge is 0.366 e. The summed E-state index contributed by atoms with van der Waals surface area (Å²) in [5, 5.41) is 8.09. The Morgan fingerprint density at radius 1 is 1.50 bits per heavy atom. The predicted molar refractivity (Wildman–Crippen MR) is 38.3 cm³/mol. The van der Waals surface area contributed by atoms with Crippen molar-refractivity contribution < 1.29 is 26.5 Å². The van der Waals surface area contributed by atoms with Gasteiger partial charge in [0.05, 0.1) is 12.4 Å². The Labute approximate surface area is 91.3 Å². The van der Waals surface area contributed by atoms with Crippen LogP contribution in [-0.2, 0) is 14.3 Å². The summed E-state index contributed by atoms with van der Waals surface area (Å²) < 4.78 is 47.8. The SMILES string of the molecule is CC(F)(F)OS(=O)(=O)CCO.[Na]. The molecule has 69 valence electrons. The van der Waals surface area contributed by atoms with Crippen molar-refractivity contribution in [2.24, 2.45) is 0 Å². The number of aliphatic hydroxyl groups excluding tert-OH is 1. The second-order valence-corrected chi connectivity index (χ2v) is 3.57. The van der Waals surface area contributed by atoms with Crippen LogP contribution in [0.5, 0.6) is 0 Å². The Kier molecular flexibility index (Phi) is 6.92. The first-order chi connectivity index (χ1) is 4.77. The van der Waals surface area contributed by atoms with Crippen molar-refractivity contribution in [3.8, 4) is 0 Å². The Morgan fingerprint density at radius 2 is 1.92 bits per heavy atom. The normalized spacial score (nSPS) is 12.3. The summed E-state index contributed by atoms with van der Waals surface area (Å²) in [6.45, 7) is -0.430. The van der Waals surface area contributed by atoms with Crippen molar-refractivity contribution in [3.05, 3.63) is 0 Å². The van der Waals surface area contributed by atoms with Gasteiger partial charge in [-0.3, -0.25) is 0 Å². The molecular formula is C4H8F2NaO4S. The molecule has 0 bridgehead atoms. The van der Waals surface area contributed by atoms with E-state index in [0.717, 1.165) is 0 Å². The van der Waals surface area contributed by atoms with Crippen molar-refractivity contribution in [1.29, 1.82) is 0 Å². The Bertz CT molecular complexity index is 210. The van der Waals surface area contributed by atoms with Gasteiger partial charge in [-0.05, 0) is 0 Å². The molecule has 0 aliphatic carbocycles. The summed E-state index contributed by atoms with van der Waals surface area (Å²) in [7, 11) is -4.29. The third-order valence-corrected chi connectivity index (χ3v) is 1.84. The molecular weight excluding hydrogens is 205 g/mol. The zero-order valence-corrected chi connectivity index (χ0v) is 9.57. The molecule has 8 heteroatoms. The molecule has 4 nitrogen and oxygen atoms in total. The van der Waals surface area contributed by atoms with Crippen molar-refractivity contribution in [2.45, 2.75) is 13.0 Å². The fraction of sp³-hybridized carbons (Fsp3) is 1.00. The zero-order valence-electron chi connectivity index (χ0n) is 6.75. The third-order valence-electron chi connectivity index (χ3n) is 0.615. The van der Waals surface area contributed by atoms with Crippen molar-refractivity contribution in [1.82, 2.24) is 0 Å². The minimum absolute atomic E-state index is 0. The van der Waals surface area contributed by atoms with Crippen LogP contribution in [0.4, 0.5) is 8.78 Å². The summed E-state index contributed by atoms with van der Waals surface area (Å²) in [4.78, 5) is 0. The van der Waals surface area contributed by atoms with Crippen LogP contribution in [0.1, 0.15) is 6.92 Å². The largest absolute Gasteiger partial charge is 0.395 e. The Balaban J connectivity index is 0. The summed E-state index contributed by atoms with van der Waals surface area (Å²) >= 11 is 0. The van der Waals surface area contributed by atoms with Gasteiger partial charge in [0.25, 0.3) is 10.1 Å². The van der Waals surface area contributed by atoms with Crippen LogP contribution in [0.15, 0.2) is 0 Å². The maximum absolute atomic E-state index is 11.9. The van der Waals surface area contributed by atoms with Crippen LogP contribution in [0.2, 0.25) is 0 Å². The fourth-order valence-electron chi connectivity index (χ4n) is 0.376. The van der Waals surface area contributed by atoms with E-state index in [1.807, 2.05) is 0 Å². The molecule has 0 spiro atoms. The minimum atomic E-state index is -4.29. The molecule has 0 aliphatic rings. The van der Waals surface area contributed by atoms with E-state index in [1.165, 1.54) is 0 Å². The topological polar surface area (TPSA) is 63.6 Å². The summed E-state index contributed by atoms with van der Waals surface area (Å²) in [5.74, 6) is -0.823. The van der Waals surface area contributed by atoms with Gasteiger partial charge in [0.2, 0.25) is 0 Å². The van der Waals surface area contributed by atoms with Gasteiger partial charge in [0.15, 0.2) is 0 Å². The van der Waals surface area contributed by atoms with E-state index >= 15 is 0 Å². The number of alkyl halides is 2. The van der Waals surface area contributed by atoms with E-state index in [1.54, 1.807) is 0 Å². The molecule has 0 saturated heterocycles. The fourth-order valence-corrected chi connectivity index (χ4v) is 1.13. The molecule has 0 unspecified atom stereocenters. The molecule has 0 aromatic carbocycles. The van der Waals surface area contributed by atoms with Crippen LogP contribution in [0.3, 0.4) is 0 Å². The summed E-state index contributed by atoms with van der Waals surface area (Å²) in [6, 6.07) is 0. The van der Waals surface area contributed by atoms with Gasteiger partial charge in [0, 0.05) is 36.5 Å². The van der Waals surface area contributed by atoms with Crippen LogP contribution in [-0.4, -0.2) is 61.5 Å². The molecule has 0 saturated carbocycles. The van der Waals surface area contributed by atoms with Crippen molar-refractivity contribution in [2.75, 3.05) is 12.4 Å². The molecule has 0 aromatic rings. The molecule has 0 heterocycles. The molecule has 0 fully saturated rings. The predicted octanol–water partition coefficient (Wildman–Crippen LogP) is -0.443. The second kappa shape index (κ2) is 5.46. The van der Waals surface area contributed by atoms with Crippen molar-refractivity contribution >= 4 is 39.7 Å². The number of aliphatic hydroxyl groups is 1. The van der Waals surface area contributed by atoms with E-state index in [-0.39, 0.29) is 29.6 Å². The van der Waals surface area contributed by atoms with E-state index in [4.69, 9.17) is 5.11 Å². The van der Waals surface area contributed by atoms with E-state index in [0.29, 0.717) is 6.92 Å². The van der Waals surface area contributed by atoms with Crippen LogP contribution < -0.4 is 0 Å². The average Bonchev–Trinajstić information content (AvgIpc) is 1.55. The quantitative estimate of drug-likeness (QED) is 0.507. The van der Waals surface area contributed by atoms with Crippen LogP contribution in [0.25, 0.3) is 0 Å². The second-order valence-electron chi connectivity index (χ2n) is 1.88. The standard InChI is InChI=1S/C4H8F2O4S.Na/c1-4(5,6)10-11(8,9)3-2-7;/h7H,2-3H2,1H3;. The molecule has 0 rings (SSSR count). The molecule has 1 N–H and O–H groups in total. The number of hydrogen-bond acceptors (Lipinski definition) is 4. The van der Waals surface area contributed by atoms with Gasteiger partial charge in [-0.25, -0.2) is 4.18 Å². The number of hydrogen-bond donors (Lipinski definition) is 1. The first-order valence-electron chi connectivity index (χ1n) is 2.69. The average molecular weight is 213 g/mol. The van der Waals surface area contributed by atoms with Gasteiger partial charge in [0.1, 0.15) is 0 Å². The monoisotopic (exact) mass is 213 g/mol. The molecule has 0 aromatic heterocycles. The van der Waals surface area contributed by atoms with Crippen LogP contribution in [0, 0.1) is 0 Å². The maximum atomic E-state index is 11.9. The minimum Gasteiger partial charge on any atom is -0.395 e. The molecule has 0 amide bonds. The first kappa shape index (κ1) is 15.2. The van der Waals surface area contributed by atoms with Gasteiger partial charge in [-0.15, -0.1) is 0 Å². The maximum Gasteiger partial charge on any atom is 0.366 e. The molecule has 1 radical (unpaired) electrons. The van der Waals surface area contributed by atoms with Crippen molar-refractivity contribution in [3.63, 3.8) is 0 Å². The number of rotatable bonds is 4. The molecule has 0 aliphatic heterocycles. The van der Waals surface area contributed by atoms with E-state index in [9.17, 15) is 17.2 Å². The van der Waals surface area contributed by atoms with Gasteiger partial charge in [-0.2, -0.15) is 17.2 Å². The van der Waals surface area contributed by atoms with Gasteiger partial charge in [-0.1, -0.05) is 0 Å². The Morgan fingerprint density at radius 3 is 2.17 bits per heavy atom. The Hall–Kier alpha value is 0.730. The van der Waals surface area contributed by atoms with Gasteiger partial charge >= 0.3 is 6.11 Å². The first-order valence-corrected chi connectivity index (χ1v) is 4.26.